The number of benzene rings is 3. The van der Waals surface area contributed by atoms with Gasteiger partial charge in [0.05, 0.1) is 22.3 Å². The van der Waals surface area contributed by atoms with Crippen molar-refractivity contribution >= 4 is 21.2 Å². The maximum absolute atomic E-state index is 11.8. The number of hydrogen-bond donors (Lipinski definition) is 0. The van der Waals surface area contributed by atoms with Gasteiger partial charge in [0.2, 0.25) is 0 Å². The summed E-state index contributed by atoms with van der Waals surface area (Å²) in [6.07, 6.45) is 1.99. The Hall–Kier alpha value is -2.92. The van der Waals surface area contributed by atoms with Crippen molar-refractivity contribution in [1.82, 2.24) is 0 Å². The van der Waals surface area contributed by atoms with Gasteiger partial charge in [-0.1, -0.05) is 60.7 Å². The molecule has 3 aromatic rings. The Morgan fingerprint density at radius 3 is 2.04 bits per heavy atom. The molecule has 1 aliphatic rings. The third-order valence-electron chi connectivity index (χ3n) is 4.73. The zero-order valence-electron chi connectivity index (χ0n) is 15.0. The summed E-state index contributed by atoms with van der Waals surface area (Å²) in [6.45, 7) is 0. The number of nitrogens with zero attached hydrogens (tertiary/aromatic N) is 2. The Labute approximate surface area is 159 Å². The maximum atomic E-state index is 11.8. The highest BCUT2D eigenvalue weighted by molar-refractivity contribution is 7.90. The smallest absolute Gasteiger partial charge is 0.175 e. The summed E-state index contributed by atoms with van der Waals surface area (Å²) in [5.74, 6) is 0. The molecule has 0 saturated heterocycles. The van der Waals surface area contributed by atoms with Gasteiger partial charge in [0.15, 0.2) is 9.84 Å². The molecule has 3 aromatic carbocycles. The summed E-state index contributed by atoms with van der Waals surface area (Å²) in [5, 5.41) is 6.91. The fourth-order valence-electron chi connectivity index (χ4n) is 3.33. The highest BCUT2D eigenvalue weighted by atomic mass is 32.2. The van der Waals surface area contributed by atoms with Crippen molar-refractivity contribution < 1.29 is 8.42 Å². The molecule has 0 spiro atoms. The molecule has 5 heteroatoms. The van der Waals surface area contributed by atoms with Crippen molar-refractivity contribution in [2.24, 2.45) is 5.10 Å². The summed E-state index contributed by atoms with van der Waals surface area (Å²) in [5.41, 5.74) is 4.19. The van der Waals surface area contributed by atoms with Gasteiger partial charge in [0.25, 0.3) is 0 Å². The Kier molecular flexibility index (Phi) is 4.54. The van der Waals surface area contributed by atoms with E-state index in [1.165, 1.54) is 6.26 Å². The van der Waals surface area contributed by atoms with Gasteiger partial charge in [-0.3, -0.25) is 5.01 Å². The van der Waals surface area contributed by atoms with E-state index >= 15 is 0 Å². The van der Waals surface area contributed by atoms with Gasteiger partial charge >= 0.3 is 0 Å². The minimum absolute atomic E-state index is 0.0243. The summed E-state index contributed by atoms with van der Waals surface area (Å²) < 4.78 is 23.5. The van der Waals surface area contributed by atoms with E-state index in [0.717, 1.165) is 28.9 Å². The molecule has 0 amide bonds. The van der Waals surface area contributed by atoms with E-state index in [2.05, 4.69) is 12.1 Å². The normalized spacial score (nSPS) is 17.0. The lowest BCUT2D eigenvalue weighted by molar-refractivity contribution is 0.601. The first-order chi connectivity index (χ1) is 13.0. The van der Waals surface area contributed by atoms with Gasteiger partial charge in [0, 0.05) is 12.7 Å². The first-order valence-corrected chi connectivity index (χ1v) is 10.7. The monoisotopic (exact) mass is 376 g/mol. The van der Waals surface area contributed by atoms with Gasteiger partial charge in [-0.05, 0) is 35.4 Å². The molecule has 1 heterocycles. The second-order valence-corrected chi connectivity index (χ2v) is 8.67. The van der Waals surface area contributed by atoms with E-state index in [9.17, 15) is 8.42 Å². The van der Waals surface area contributed by atoms with Crippen LogP contribution in [-0.4, -0.2) is 20.4 Å². The van der Waals surface area contributed by atoms with Crippen LogP contribution < -0.4 is 5.01 Å². The molecule has 0 bridgehead atoms. The zero-order valence-corrected chi connectivity index (χ0v) is 15.8. The molecule has 0 N–H and O–H groups in total. The van der Waals surface area contributed by atoms with Crippen LogP contribution >= 0.6 is 0 Å². The van der Waals surface area contributed by atoms with Gasteiger partial charge in [-0.2, -0.15) is 5.10 Å². The van der Waals surface area contributed by atoms with Crippen LogP contribution in [0.4, 0.5) is 5.69 Å². The van der Waals surface area contributed by atoms with Gasteiger partial charge < -0.3 is 0 Å². The largest absolute Gasteiger partial charge is 0.257 e. The quantitative estimate of drug-likeness (QED) is 0.676. The third kappa shape index (κ3) is 3.64. The lowest BCUT2D eigenvalue weighted by Crippen LogP contribution is -2.18. The molecular formula is C22H20N2O2S. The van der Waals surface area contributed by atoms with E-state index in [1.807, 2.05) is 65.7 Å². The minimum atomic E-state index is -3.20. The molecule has 1 aliphatic heterocycles. The van der Waals surface area contributed by atoms with Crippen LogP contribution in [-0.2, 0) is 9.84 Å². The predicted molar refractivity (Wildman–Crippen MR) is 109 cm³/mol. The van der Waals surface area contributed by atoms with Crippen molar-refractivity contribution in [1.29, 1.82) is 0 Å². The van der Waals surface area contributed by atoms with E-state index in [1.54, 1.807) is 12.1 Å². The molecule has 0 saturated carbocycles. The van der Waals surface area contributed by atoms with Crippen molar-refractivity contribution in [3.05, 3.63) is 96.1 Å². The van der Waals surface area contributed by atoms with E-state index in [0.29, 0.717) is 4.90 Å². The minimum Gasteiger partial charge on any atom is -0.257 e. The number of para-hydroxylation sites is 1. The number of sulfone groups is 1. The standard InChI is InChI=1S/C22H20N2O2S/c1-27(25,26)20-14-12-18(13-15-20)22-16-21(17-8-4-2-5-9-17)23-24(22)19-10-6-3-7-11-19/h2-15,22H,16H2,1H3. The van der Waals surface area contributed by atoms with Crippen LogP contribution in [0.15, 0.2) is 94.9 Å². The second kappa shape index (κ2) is 7.00. The number of rotatable bonds is 4. The zero-order chi connectivity index (χ0) is 18.9. The predicted octanol–water partition coefficient (Wildman–Crippen LogP) is 4.45. The summed E-state index contributed by atoms with van der Waals surface area (Å²) in [4.78, 5) is 0.333. The molecule has 0 fully saturated rings. The van der Waals surface area contributed by atoms with Crippen LogP contribution in [0, 0.1) is 0 Å². The van der Waals surface area contributed by atoms with Crippen LogP contribution in [0.1, 0.15) is 23.6 Å². The van der Waals surface area contributed by atoms with Crippen molar-refractivity contribution in [3.8, 4) is 0 Å². The fraction of sp³-hybridized carbons (Fsp3) is 0.136. The summed E-state index contributed by atoms with van der Waals surface area (Å²) >= 11 is 0. The van der Waals surface area contributed by atoms with Crippen LogP contribution in [0.2, 0.25) is 0 Å². The molecule has 0 aromatic heterocycles. The molecular weight excluding hydrogens is 356 g/mol. The van der Waals surface area contributed by atoms with Crippen molar-refractivity contribution in [3.63, 3.8) is 0 Å². The molecule has 4 nitrogen and oxygen atoms in total. The fourth-order valence-corrected chi connectivity index (χ4v) is 3.96. The number of hydrogen-bond acceptors (Lipinski definition) is 4. The van der Waals surface area contributed by atoms with Crippen molar-refractivity contribution in [2.45, 2.75) is 17.4 Å². The lowest BCUT2D eigenvalue weighted by atomic mass is 9.98. The molecule has 1 atom stereocenters. The molecule has 0 radical (unpaired) electrons. The van der Waals surface area contributed by atoms with Gasteiger partial charge in [0.1, 0.15) is 0 Å². The maximum Gasteiger partial charge on any atom is 0.175 e. The highest BCUT2D eigenvalue weighted by Gasteiger charge is 2.29. The second-order valence-electron chi connectivity index (χ2n) is 6.65. The average molecular weight is 376 g/mol. The Morgan fingerprint density at radius 1 is 0.852 bits per heavy atom. The topological polar surface area (TPSA) is 49.7 Å². The number of anilines is 1. The van der Waals surface area contributed by atoms with Crippen molar-refractivity contribution in [2.75, 3.05) is 11.3 Å². The van der Waals surface area contributed by atoms with Gasteiger partial charge in [-0.25, -0.2) is 8.42 Å². The average Bonchev–Trinajstić information content (AvgIpc) is 3.14. The van der Waals surface area contributed by atoms with Crippen LogP contribution in [0.25, 0.3) is 0 Å². The summed E-state index contributed by atoms with van der Waals surface area (Å²) in [6, 6.07) is 27.4. The van der Waals surface area contributed by atoms with Crippen LogP contribution in [0.3, 0.4) is 0 Å². The first-order valence-electron chi connectivity index (χ1n) is 8.79. The Bertz CT molecular complexity index is 1060. The number of hydrazone groups is 1. The molecule has 4 rings (SSSR count). The Morgan fingerprint density at radius 2 is 1.44 bits per heavy atom. The van der Waals surface area contributed by atoms with E-state index in [-0.39, 0.29) is 6.04 Å². The SMILES string of the molecule is CS(=O)(=O)c1ccc(C2CC(c3ccccc3)=NN2c2ccccc2)cc1. The Balaban J connectivity index is 1.73. The van der Waals surface area contributed by atoms with Gasteiger partial charge in [-0.15, -0.1) is 0 Å². The molecule has 27 heavy (non-hydrogen) atoms. The lowest BCUT2D eigenvalue weighted by Gasteiger charge is -2.24. The van der Waals surface area contributed by atoms with Crippen LogP contribution in [0.5, 0.6) is 0 Å². The molecule has 136 valence electrons. The van der Waals surface area contributed by atoms with E-state index in [4.69, 9.17) is 5.10 Å². The third-order valence-corrected chi connectivity index (χ3v) is 5.86. The first kappa shape index (κ1) is 17.5. The highest BCUT2D eigenvalue weighted by Crippen LogP contribution is 2.36. The van der Waals surface area contributed by atoms with E-state index < -0.39 is 9.84 Å². The molecule has 0 aliphatic carbocycles. The molecule has 1 unspecified atom stereocenters. The summed E-state index contributed by atoms with van der Waals surface area (Å²) in [7, 11) is -3.20.